The van der Waals surface area contributed by atoms with Gasteiger partial charge >= 0.3 is 5.97 Å². The molecule has 1 aliphatic heterocycles. The summed E-state index contributed by atoms with van der Waals surface area (Å²) in [6.45, 7) is 4.02. The van der Waals surface area contributed by atoms with Gasteiger partial charge in [-0.15, -0.1) is 0 Å². The highest BCUT2D eigenvalue weighted by Gasteiger charge is 2.21. The molecule has 3 rings (SSSR count). The van der Waals surface area contributed by atoms with Crippen LogP contribution >= 0.6 is 0 Å². The molecule has 0 spiro atoms. The highest BCUT2D eigenvalue weighted by Crippen LogP contribution is 2.35. The lowest BCUT2D eigenvalue weighted by Crippen LogP contribution is -2.20. The second-order valence-electron chi connectivity index (χ2n) is 6.78. The second-order valence-corrected chi connectivity index (χ2v) is 6.78. The Bertz CT molecular complexity index is 935. The first-order chi connectivity index (χ1) is 14.5. The van der Waals surface area contributed by atoms with Crippen LogP contribution in [0.1, 0.15) is 25.0 Å². The van der Waals surface area contributed by atoms with E-state index in [0.29, 0.717) is 29.4 Å². The first-order valence-electron chi connectivity index (χ1n) is 9.73. The lowest BCUT2D eigenvalue weighted by atomic mass is 10.1. The van der Waals surface area contributed by atoms with Gasteiger partial charge in [-0.3, -0.25) is 4.79 Å². The van der Waals surface area contributed by atoms with Crippen molar-refractivity contribution in [3.8, 4) is 17.2 Å². The average Bonchev–Trinajstić information content (AvgIpc) is 3.10. The largest absolute Gasteiger partial charge is 0.497 e. The Hall–Kier alpha value is -3.48. The maximum absolute atomic E-state index is 12.0. The fourth-order valence-corrected chi connectivity index (χ4v) is 3.08. The third-order valence-corrected chi connectivity index (χ3v) is 4.45. The van der Waals surface area contributed by atoms with E-state index in [1.165, 1.54) is 6.08 Å². The summed E-state index contributed by atoms with van der Waals surface area (Å²) in [6.07, 6.45) is 3.80. The van der Waals surface area contributed by atoms with Gasteiger partial charge in [0.25, 0.3) is 5.91 Å². The molecule has 0 saturated carbocycles. The van der Waals surface area contributed by atoms with Crippen LogP contribution in [0.4, 0.5) is 5.69 Å². The number of nitrogens with one attached hydrogen (secondary N) is 1. The standard InChI is InChI=1S/C23H25NO6/c1-4-28-20-13-17-11-15(2)30-21(17)12-16(20)5-10-23(26)29-14-22(25)24-18-6-8-19(27-3)9-7-18/h5-10,12-13,15H,4,11,14H2,1-3H3,(H,24,25)/b10-5+/t15-/m0/s1. The van der Waals surface area contributed by atoms with E-state index in [4.69, 9.17) is 18.9 Å². The molecule has 1 aliphatic rings. The molecular formula is C23H25NO6. The second kappa shape index (κ2) is 9.82. The van der Waals surface area contributed by atoms with E-state index < -0.39 is 18.5 Å². The fourth-order valence-electron chi connectivity index (χ4n) is 3.08. The Balaban J connectivity index is 1.56. The van der Waals surface area contributed by atoms with E-state index in [-0.39, 0.29) is 6.10 Å². The van der Waals surface area contributed by atoms with Gasteiger partial charge in [0.15, 0.2) is 6.61 Å². The highest BCUT2D eigenvalue weighted by molar-refractivity contribution is 5.94. The Morgan fingerprint density at radius 1 is 1.23 bits per heavy atom. The first kappa shape index (κ1) is 21.2. The third-order valence-electron chi connectivity index (χ3n) is 4.45. The van der Waals surface area contributed by atoms with Gasteiger partial charge in [0.05, 0.1) is 13.7 Å². The smallest absolute Gasteiger partial charge is 0.331 e. The van der Waals surface area contributed by atoms with Crippen LogP contribution < -0.4 is 19.5 Å². The first-order valence-corrected chi connectivity index (χ1v) is 9.73. The zero-order valence-electron chi connectivity index (χ0n) is 17.3. The van der Waals surface area contributed by atoms with Gasteiger partial charge < -0.3 is 24.3 Å². The van der Waals surface area contributed by atoms with Gasteiger partial charge in [0.1, 0.15) is 23.4 Å². The molecule has 0 saturated heterocycles. The molecule has 1 atom stereocenters. The predicted octanol–water partition coefficient (Wildman–Crippen LogP) is 3.61. The van der Waals surface area contributed by atoms with Crippen LogP contribution in [-0.2, 0) is 20.7 Å². The van der Waals surface area contributed by atoms with Crippen molar-refractivity contribution in [2.75, 3.05) is 25.6 Å². The Kier molecular flexibility index (Phi) is 6.95. The van der Waals surface area contributed by atoms with Gasteiger partial charge in [-0.2, -0.15) is 0 Å². The molecule has 0 aromatic heterocycles. The lowest BCUT2D eigenvalue weighted by Gasteiger charge is -2.10. The van der Waals surface area contributed by atoms with Crippen LogP contribution in [-0.4, -0.2) is 38.3 Å². The molecule has 0 aliphatic carbocycles. The Labute approximate surface area is 175 Å². The molecule has 0 fully saturated rings. The Morgan fingerprint density at radius 3 is 2.70 bits per heavy atom. The van der Waals surface area contributed by atoms with E-state index in [1.807, 2.05) is 26.0 Å². The number of rotatable bonds is 8. The number of esters is 1. The zero-order valence-corrected chi connectivity index (χ0v) is 17.3. The van der Waals surface area contributed by atoms with Crippen molar-refractivity contribution >= 4 is 23.6 Å². The number of methoxy groups -OCH3 is 1. The summed E-state index contributed by atoms with van der Waals surface area (Å²) in [5, 5.41) is 2.65. The molecule has 0 unspecified atom stereocenters. The molecule has 7 heteroatoms. The summed E-state index contributed by atoms with van der Waals surface area (Å²) in [4.78, 5) is 24.0. The number of fused-ring (bicyclic) bond motifs is 1. The number of hydrogen-bond donors (Lipinski definition) is 1. The minimum Gasteiger partial charge on any atom is -0.497 e. The summed E-state index contributed by atoms with van der Waals surface area (Å²) in [5.41, 5.74) is 2.38. The van der Waals surface area contributed by atoms with Crippen LogP contribution in [0, 0.1) is 0 Å². The third kappa shape index (κ3) is 5.53. The van der Waals surface area contributed by atoms with E-state index in [2.05, 4.69) is 5.32 Å². The van der Waals surface area contributed by atoms with Crippen molar-refractivity contribution in [3.63, 3.8) is 0 Å². The van der Waals surface area contributed by atoms with Crippen LogP contribution in [0.2, 0.25) is 0 Å². The summed E-state index contributed by atoms with van der Waals surface area (Å²) >= 11 is 0. The fraction of sp³-hybridized carbons (Fsp3) is 0.304. The van der Waals surface area contributed by atoms with Gasteiger partial charge in [0.2, 0.25) is 0 Å². The highest BCUT2D eigenvalue weighted by atomic mass is 16.5. The number of hydrogen-bond acceptors (Lipinski definition) is 6. The van der Waals surface area contributed by atoms with Crippen LogP contribution in [0.25, 0.3) is 6.08 Å². The van der Waals surface area contributed by atoms with Crippen molar-refractivity contribution in [2.45, 2.75) is 26.4 Å². The van der Waals surface area contributed by atoms with Gasteiger partial charge in [-0.25, -0.2) is 4.79 Å². The quantitative estimate of drug-likeness (QED) is 0.528. The minimum absolute atomic E-state index is 0.114. The molecule has 2 aromatic rings. The van der Waals surface area contributed by atoms with Gasteiger partial charge in [-0.05, 0) is 56.3 Å². The molecule has 2 aromatic carbocycles. The molecule has 30 heavy (non-hydrogen) atoms. The predicted molar refractivity (Wildman–Crippen MR) is 113 cm³/mol. The van der Waals surface area contributed by atoms with Crippen LogP contribution in [0.3, 0.4) is 0 Å². The van der Waals surface area contributed by atoms with Gasteiger partial charge in [-0.1, -0.05) is 0 Å². The zero-order chi connectivity index (χ0) is 21.5. The monoisotopic (exact) mass is 411 g/mol. The number of carbonyl (C=O) groups is 2. The number of ether oxygens (including phenoxy) is 4. The van der Waals surface area contributed by atoms with E-state index in [0.717, 1.165) is 17.7 Å². The van der Waals surface area contributed by atoms with Crippen LogP contribution in [0.5, 0.6) is 17.2 Å². The molecular weight excluding hydrogens is 386 g/mol. The maximum Gasteiger partial charge on any atom is 0.331 e. The molecule has 1 amide bonds. The van der Waals surface area contributed by atoms with Crippen molar-refractivity contribution in [3.05, 3.63) is 53.6 Å². The minimum atomic E-state index is -0.628. The SMILES string of the molecule is CCOc1cc2c(cc1/C=C/C(=O)OCC(=O)Nc1ccc(OC)cc1)O[C@@H](C)C2. The molecule has 7 nitrogen and oxygen atoms in total. The lowest BCUT2D eigenvalue weighted by molar-refractivity contribution is -0.142. The number of benzene rings is 2. The topological polar surface area (TPSA) is 83.1 Å². The molecule has 0 bridgehead atoms. The van der Waals surface area contributed by atoms with E-state index in [1.54, 1.807) is 37.5 Å². The molecule has 158 valence electrons. The van der Waals surface area contributed by atoms with Crippen molar-refractivity contribution < 1.29 is 28.5 Å². The van der Waals surface area contributed by atoms with Crippen molar-refractivity contribution in [1.29, 1.82) is 0 Å². The van der Waals surface area contributed by atoms with Gasteiger partial charge in [0, 0.05) is 29.3 Å². The molecule has 0 radical (unpaired) electrons. The Morgan fingerprint density at radius 2 is 2.00 bits per heavy atom. The number of anilines is 1. The molecule has 1 N–H and O–H groups in total. The van der Waals surface area contributed by atoms with E-state index in [9.17, 15) is 9.59 Å². The summed E-state index contributed by atoms with van der Waals surface area (Å²) in [5.74, 6) is 1.09. The average molecular weight is 411 g/mol. The van der Waals surface area contributed by atoms with Crippen molar-refractivity contribution in [2.24, 2.45) is 0 Å². The summed E-state index contributed by atoms with van der Waals surface area (Å²) in [7, 11) is 1.56. The van der Waals surface area contributed by atoms with Crippen molar-refractivity contribution in [1.82, 2.24) is 0 Å². The summed E-state index contributed by atoms with van der Waals surface area (Å²) in [6, 6.07) is 10.6. The van der Waals surface area contributed by atoms with E-state index >= 15 is 0 Å². The number of carbonyl (C=O) groups excluding carboxylic acids is 2. The summed E-state index contributed by atoms with van der Waals surface area (Å²) < 4.78 is 21.5. The maximum atomic E-state index is 12.0. The number of amides is 1. The normalized spacial score (nSPS) is 14.7. The van der Waals surface area contributed by atoms with Crippen LogP contribution in [0.15, 0.2) is 42.5 Å². The molecule has 1 heterocycles.